The van der Waals surface area contributed by atoms with E-state index in [-0.39, 0.29) is 28.2 Å². The third-order valence-corrected chi connectivity index (χ3v) is 4.71. The number of carbonyl (C=O) groups is 2. The van der Waals surface area contributed by atoms with Gasteiger partial charge in [0.1, 0.15) is 6.04 Å². The Morgan fingerprint density at radius 2 is 2.04 bits per heavy atom. The fraction of sp³-hybridized carbons (Fsp3) is 0.467. The Bertz CT molecular complexity index is 746. The van der Waals surface area contributed by atoms with E-state index in [1.54, 1.807) is 6.92 Å². The molecule has 1 amide bonds. The summed E-state index contributed by atoms with van der Waals surface area (Å²) in [6.07, 6.45) is 0.699. The van der Waals surface area contributed by atoms with Gasteiger partial charge in [0.15, 0.2) is 9.84 Å². The van der Waals surface area contributed by atoms with Crippen molar-refractivity contribution in [3.05, 3.63) is 23.8 Å². The summed E-state index contributed by atoms with van der Waals surface area (Å²) in [6.45, 7) is 2.82. The third kappa shape index (κ3) is 4.31. The number of nitrogens with one attached hydrogen (secondary N) is 2. The van der Waals surface area contributed by atoms with Gasteiger partial charge in [0.05, 0.1) is 30.3 Å². The Balaban J connectivity index is 2.31. The molecule has 2 atom stereocenters. The molecule has 2 rings (SSSR count). The molecule has 1 aliphatic heterocycles. The average molecular weight is 356 g/mol. The number of amides is 1. The second-order valence-corrected chi connectivity index (χ2v) is 7.52. The Hall–Kier alpha value is -1.97. The fourth-order valence-corrected chi connectivity index (χ4v) is 3.05. The normalized spacial score (nSPS) is 21.1. The molecule has 1 aromatic rings. The van der Waals surface area contributed by atoms with Gasteiger partial charge in [-0.2, -0.15) is 0 Å². The van der Waals surface area contributed by atoms with Gasteiger partial charge in [0.2, 0.25) is 5.91 Å². The summed E-state index contributed by atoms with van der Waals surface area (Å²) in [5.41, 5.74) is 0.236. The number of rotatable bonds is 4. The van der Waals surface area contributed by atoms with E-state index in [2.05, 4.69) is 15.4 Å². The molecular weight excluding hydrogens is 336 g/mol. The first-order valence-electron chi connectivity index (χ1n) is 7.31. The van der Waals surface area contributed by atoms with Crippen molar-refractivity contribution in [2.45, 2.75) is 24.0 Å². The highest BCUT2D eigenvalue weighted by Crippen LogP contribution is 2.20. The summed E-state index contributed by atoms with van der Waals surface area (Å²) in [7, 11) is -2.37. The van der Waals surface area contributed by atoms with Gasteiger partial charge in [0.25, 0.3) is 0 Å². The van der Waals surface area contributed by atoms with E-state index in [1.807, 2.05) is 0 Å². The molecule has 0 spiro atoms. The van der Waals surface area contributed by atoms with Crippen molar-refractivity contribution < 1.29 is 27.5 Å². The van der Waals surface area contributed by atoms with E-state index in [1.165, 1.54) is 25.3 Å². The average Bonchev–Trinajstić information content (AvgIpc) is 2.53. The Morgan fingerprint density at radius 1 is 1.33 bits per heavy atom. The highest BCUT2D eigenvalue weighted by molar-refractivity contribution is 7.90. The number of hydrogen-bond donors (Lipinski definition) is 2. The van der Waals surface area contributed by atoms with E-state index in [4.69, 9.17) is 4.74 Å². The molecule has 1 aliphatic rings. The minimum absolute atomic E-state index is 0.0385. The molecule has 1 heterocycles. The van der Waals surface area contributed by atoms with Crippen LogP contribution in [0.2, 0.25) is 0 Å². The zero-order valence-electron chi connectivity index (χ0n) is 13.7. The summed E-state index contributed by atoms with van der Waals surface area (Å²) in [5.74, 6) is -1.06. The number of esters is 1. The molecule has 1 saturated heterocycles. The predicted octanol–water partition coefficient (Wildman–Crippen LogP) is 0.192. The molecule has 2 N–H and O–H groups in total. The Morgan fingerprint density at radius 3 is 2.62 bits per heavy atom. The van der Waals surface area contributed by atoms with E-state index < -0.39 is 21.8 Å². The first-order chi connectivity index (χ1) is 11.2. The number of ether oxygens (including phenoxy) is 2. The van der Waals surface area contributed by atoms with Crippen LogP contribution in [0.4, 0.5) is 5.69 Å². The van der Waals surface area contributed by atoms with Crippen LogP contribution < -0.4 is 10.6 Å². The van der Waals surface area contributed by atoms with Crippen LogP contribution in [0.5, 0.6) is 0 Å². The van der Waals surface area contributed by atoms with Gasteiger partial charge in [-0.05, 0) is 25.1 Å². The second-order valence-electron chi connectivity index (χ2n) is 5.51. The smallest absolute Gasteiger partial charge is 0.337 e. The summed E-state index contributed by atoms with van der Waals surface area (Å²) < 4.78 is 33.6. The zero-order chi connectivity index (χ0) is 17.9. The van der Waals surface area contributed by atoms with Gasteiger partial charge in [-0.25, -0.2) is 13.2 Å². The van der Waals surface area contributed by atoms with E-state index in [0.717, 1.165) is 6.26 Å². The first kappa shape index (κ1) is 18.4. The number of anilines is 1. The van der Waals surface area contributed by atoms with Crippen LogP contribution in [0.1, 0.15) is 17.3 Å². The van der Waals surface area contributed by atoms with Gasteiger partial charge >= 0.3 is 5.97 Å². The SMILES string of the molecule is COC(=O)c1cc(NC(=O)[C@H]2NCCO[C@@H]2C)cc(S(C)(=O)=O)c1. The van der Waals surface area contributed by atoms with Gasteiger partial charge in [-0.15, -0.1) is 0 Å². The van der Waals surface area contributed by atoms with Crippen molar-refractivity contribution in [2.24, 2.45) is 0 Å². The molecule has 0 aromatic heterocycles. The van der Waals surface area contributed by atoms with Crippen LogP contribution >= 0.6 is 0 Å². The topological polar surface area (TPSA) is 111 Å². The number of sulfone groups is 1. The van der Waals surface area contributed by atoms with Crippen molar-refractivity contribution in [3.63, 3.8) is 0 Å². The molecule has 0 radical (unpaired) electrons. The quantitative estimate of drug-likeness (QED) is 0.741. The molecule has 24 heavy (non-hydrogen) atoms. The zero-order valence-corrected chi connectivity index (χ0v) is 14.5. The maximum Gasteiger partial charge on any atom is 0.337 e. The van der Waals surface area contributed by atoms with Crippen LogP contribution in [-0.2, 0) is 24.1 Å². The van der Waals surface area contributed by atoms with Crippen molar-refractivity contribution in [1.82, 2.24) is 5.32 Å². The molecule has 132 valence electrons. The molecule has 0 saturated carbocycles. The van der Waals surface area contributed by atoms with E-state index >= 15 is 0 Å². The van der Waals surface area contributed by atoms with Crippen LogP contribution in [0.15, 0.2) is 23.1 Å². The molecule has 1 aromatic carbocycles. The predicted molar refractivity (Wildman–Crippen MR) is 86.7 cm³/mol. The largest absolute Gasteiger partial charge is 0.465 e. The monoisotopic (exact) mass is 356 g/mol. The van der Waals surface area contributed by atoms with Gasteiger partial charge in [-0.1, -0.05) is 0 Å². The van der Waals surface area contributed by atoms with Crippen molar-refractivity contribution >= 4 is 27.4 Å². The lowest BCUT2D eigenvalue weighted by Crippen LogP contribution is -2.53. The number of carbonyl (C=O) groups excluding carboxylic acids is 2. The fourth-order valence-electron chi connectivity index (χ4n) is 2.37. The van der Waals surface area contributed by atoms with E-state index in [0.29, 0.717) is 13.2 Å². The van der Waals surface area contributed by atoms with Crippen LogP contribution in [0, 0.1) is 0 Å². The Labute approximate surface area is 140 Å². The first-order valence-corrected chi connectivity index (χ1v) is 9.21. The minimum Gasteiger partial charge on any atom is -0.465 e. The second kappa shape index (κ2) is 7.29. The highest BCUT2D eigenvalue weighted by atomic mass is 32.2. The van der Waals surface area contributed by atoms with Gasteiger partial charge in [-0.3, -0.25) is 4.79 Å². The molecular formula is C15H20N2O6S. The summed E-state index contributed by atoms with van der Waals surface area (Å²) in [4.78, 5) is 24.0. The maximum atomic E-state index is 12.4. The third-order valence-electron chi connectivity index (χ3n) is 3.62. The lowest BCUT2D eigenvalue weighted by atomic mass is 10.1. The Kier molecular flexibility index (Phi) is 5.58. The van der Waals surface area contributed by atoms with Crippen molar-refractivity contribution in [1.29, 1.82) is 0 Å². The maximum absolute atomic E-state index is 12.4. The number of hydrogen-bond acceptors (Lipinski definition) is 7. The number of morpholine rings is 1. The van der Waals surface area contributed by atoms with Crippen LogP contribution in [-0.4, -0.2) is 59.0 Å². The summed E-state index contributed by atoms with van der Waals surface area (Å²) >= 11 is 0. The molecule has 8 nitrogen and oxygen atoms in total. The molecule has 1 fully saturated rings. The number of benzene rings is 1. The van der Waals surface area contributed by atoms with Crippen LogP contribution in [0.3, 0.4) is 0 Å². The lowest BCUT2D eigenvalue weighted by molar-refractivity contribution is -0.123. The molecule has 0 unspecified atom stereocenters. The van der Waals surface area contributed by atoms with E-state index in [9.17, 15) is 18.0 Å². The number of methoxy groups -OCH3 is 1. The van der Waals surface area contributed by atoms with Gasteiger partial charge in [0, 0.05) is 18.5 Å². The minimum atomic E-state index is -3.56. The lowest BCUT2D eigenvalue weighted by Gasteiger charge is -2.29. The molecule has 0 aliphatic carbocycles. The van der Waals surface area contributed by atoms with Crippen molar-refractivity contribution in [3.8, 4) is 0 Å². The summed E-state index contributed by atoms with van der Waals surface area (Å²) in [6, 6.07) is 3.31. The molecule has 0 bridgehead atoms. The van der Waals surface area contributed by atoms with Crippen molar-refractivity contribution in [2.75, 3.05) is 31.8 Å². The highest BCUT2D eigenvalue weighted by Gasteiger charge is 2.28. The molecule has 9 heteroatoms. The van der Waals surface area contributed by atoms with Crippen LogP contribution in [0.25, 0.3) is 0 Å². The standard InChI is InChI=1S/C15H20N2O6S/c1-9-13(16-4-5-23-9)14(18)17-11-6-10(15(19)22-2)7-12(8-11)24(3,20)21/h6-9,13,16H,4-5H2,1-3H3,(H,17,18)/t9-,13+/m1/s1. The van der Waals surface area contributed by atoms with Gasteiger partial charge < -0.3 is 20.1 Å². The summed E-state index contributed by atoms with van der Waals surface area (Å²) in [5, 5.41) is 5.66.